The van der Waals surface area contributed by atoms with Crippen LogP contribution in [0.1, 0.15) is 0 Å². The van der Waals surface area contributed by atoms with Crippen molar-refractivity contribution in [2.24, 2.45) is 0 Å². The topological polar surface area (TPSA) is 78.1 Å². The van der Waals surface area contributed by atoms with Crippen molar-refractivity contribution < 1.29 is 0 Å². The van der Waals surface area contributed by atoms with Gasteiger partial charge in [0.25, 0.3) is 0 Å². The van der Waals surface area contributed by atoms with E-state index in [9.17, 15) is 0 Å². The predicted molar refractivity (Wildman–Crippen MR) is 72.9 cm³/mol. The van der Waals surface area contributed by atoms with Crippen LogP contribution in [0.15, 0.2) is 42.5 Å². The maximum atomic E-state index is 6.02. The number of fused-ring (bicyclic) bond motifs is 2. The molecule has 0 heterocycles. The molecule has 0 amide bonds. The second kappa shape index (κ2) is 3.28. The molecule has 17 heavy (non-hydrogen) atoms. The minimum atomic E-state index is 0.721. The standard InChI is InChI=1S/C14H13N3/c15-12-4-1-8-2-5-13(16)10(8)7-11-9(12)3-6-14(11)17/h1-7H,15-17H2. The fourth-order valence-electron chi connectivity index (χ4n) is 2.17. The molecule has 0 aromatic heterocycles. The number of nitrogen functional groups attached to an aromatic ring is 3. The molecule has 0 unspecified atom stereocenters. The highest BCUT2D eigenvalue weighted by Gasteiger charge is 2.12. The van der Waals surface area contributed by atoms with Gasteiger partial charge in [-0.05, 0) is 29.8 Å². The Labute approximate surface area is 99.5 Å². The summed E-state index contributed by atoms with van der Waals surface area (Å²) in [5, 5.41) is 0. The Morgan fingerprint density at radius 1 is 0.529 bits per heavy atom. The molecule has 0 saturated heterocycles. The van der Waals surface area contributed by atoms with E-state index < -0.39 is 0 Å². The molecule has 0 aromatic carbocycles. The number of rotatable bonds is 0. The van der Waals surface area contributed by atoms with E-state index >= 15 is 0 Å². The highest BCUT2D eigenvalue weighted by atomic mass is 14.6. The molecule has 0 saturated carbocycles. The Bertz CT molecular complexity index is 646. The van der Waals surface area contributed by atoms with Crippen LogP contribution in [0.25, 0.3) is 22.3 Å². The smallest absolute Gasteiger partial charge is 0.0394 e. The van der Waals surface area contributed by atoms with Gasteiger partial charge in [-0.1, -0.05) is 18.2 Å². The lowest BCUT2D eigenvalue weighted by atomic mass is 10.0. The summed E-state index contributed by atoms with van der Waals surface area (Å²) >= 11 is 0. The molecule has 3 aliphatic rings. The first-order valence-electron chi connectivity index (χ1n) is 5.43. The van der Waals surface area contributed by atoms with Gasteiger partial charge in [-0.2, -0.15) is 0 Å². The monoisotopic (exact) mass is 223 g/mol. The van der Waals surface area contributed by atoms with Crippen LogP contribution in [0.2, 0.25) is 0 Å². The summed E-state index contributed by atoms with van der Waals surface area (Å²) in [4.78, 5) is 0. The number of anilines is 3. The van der Waals surface area contributed by atoms with Gasteiger partial charge in [0, 0.05) is 33.8 Å². The number of hydrogen-bond donors (Lipinski definition) is 3. The van der Waals surface area contributed by atoms with E-state index in [1.165, 1.54) is 0 Å². The first-order chi connectivity index (χ1) is 8.16. The Hall–Kier alpha value is -2.42. The molecule has 0 bridgehead atoms. The van der Waals surface area contributed by atoms with Crippen LogP contribution in [0, 0.1) is 0 Å². The molecule has 3 heteroatoms. The van der Waals surface area contributed by atoms with Crippen LogP contribution in [-0.4, -0.2) is 0 Å². The van der Waals surface area contributed by atoms with Gasteiger partial charge in [-0.3, -0.25) is 0 Å². The van der Waals surface area contributed by atoms with Crippen molar-refractivity contribution >= 4 is 17.1 Å². The van der Waals surface area contributed by atoms with Crippen LogP contribution in [-0.2, 0) is 0 Å². The maximum absolute atomic E-state index is 6.02. The molecular formula is C14H13N3. The molecular weight excluding hydrogens is 210 g/mol. The largest absolute Gasteiger partial charge is 0.398 e. The lowest BCUT2D eigenvalue weighted by Gasteiger charge is -2.05. The maximum Gasteiger partial charge on any atom is 0.0394 e. The van der Waals surface area contributed by atoms with Crippen LogP contribution < -0.4 is 17.2 Å². The van der Waals surface area contributed by atoms with Gasteiger partial charge in [-0.25, -0.2) is 0 Å². The first-order valence-corrected chi connectivity index (χ1v) is 5.43. The van der Waals surface area contributed by atoms with Gasteiger partial charge >= 0.3 is 0 Å². The predicted octanol–water partition coefficient (Wildman–Crippen LogP) is 2.64. The van der Waals surface area contributed by atoms with Gasteiger partial charge in [0.15, 0.2) is 0 Å². The van der Waals surface area contributed by atoms with Gasteiger partial charge in [0.05, 0.1) is 0 Å². The summed E-state index contributed by atoms with van der Waals surface area (Å²) in [6.45, 7) is 0. The van der Waals surface area contributed by atoms with Gasteiger partial charge in [-0.15, -0.1) is 0 Å². The Kier molecular flexibility index (Phi) is 1.89. The van der Waals surface area contributed by atoms with Crippen LogP contribution in [0.3, 0.4) is 0 Å². The summed E-state index contributed by atoms with van der Waals surface area (Å²) in [6, 6.07) is 13.6. The summed E-state index contributed by atoms with van der Waals surface area (Å²) in [7, 11) is 0. The highest BCUT2D eigenvalue weighted by molar-refractivity contribution is 5.92. The van der Waals surface area contributed by atoms with E-state index in [0.29, 0.717) is 0 Å². The molecule has 6 N–H and O–H groups in total. The highest BCUT2D eigenvalue weighted by Crippen LogP contribution is 2.38. The molecule has 0 radical (unpaired) electrons. The second-order valence-electron chi connectivity index (χ2n) is 4.21. The van der Waals surface area contributed by atoms with E-state index in [1.807, 2.05) is 42.5 Å². The molecule has 84 valence electrons. The van der Waals surface area contributed by atoms with E-state index in [4.69, 9.17) is 17.2 Å². The molecule has 0 aromatic rings. The van der Waals surface area contributed by atoms with Gasteiger partial charge < -0.3 is 17.2 Å². The summed E-state index contributed by atoms with van der Waals surface area (Å²) in [6.07, 6.45) is 0. The van der Waals surface area contributed by atoms with Crippen LogP contribution in [0.5, 0.6) is 0 Å². The van der Waals surface area contributed by atoms with Crippen molar-refractivity contribution in [1.82, 2.24) is 0 Å². The van der Waals surface area contributed by atoms with Crippen molar-refractivity contribution in [3.63, 3.8) is 0 Å². The zero-order chi connectivity index (χ0) is 12.0. The number of hydrogen-bond acceptors (Lipinski definition) is 3. The average molecular weight is 223 g/mol. The molecule has 0 spiro atoms. The third-order valence-electron chi connectivity index (χ3n) is 3.14. The van der Waals surface area contributed by atoms with Crippen LogP contribution >= 0.6 is 0 Å². The Morgan fingerprint density at radius 3 is 1.76 bits per heavy atom. The van der Waals surface area contributed by atoms with Gasteiger partial charge in [0.2, 0.25) is 0 Å². The normalized spacial score (nSPS) is 11.1. The van der Waals surface area contributed by atoms with E-state index in [0.717, 1.165) is 39.3 Å². The summed E-state index contributed by atoms with van der Waals surface area (Å²) in [5.74, 6) is 0. The molecule has 3 rings (SSSR count). The molecule has 3 aliphatic carbocycles. The van der Waals surface area contributed by atoms with Crippen molar-refractivity contribution in [2.75, 3.05) is 17.2 Å². The Morgan fingerprint density at radius 2 is 1.06 bits per heavy atom. The molecule has 0 atom stereocenters. The average Bonchev–Trinajstić information content (AvgIpc) is 2.81. The van der Waals surface area contributed by atoms with E-state index in [2.05, 4.69) is 0 Å². The SMILES string of the molecule is Nc1ccc2ccc(N)c3ccc(N)c-3cc1-2. The van der Waals surface area contributed by atoms with Crippen molar-refractivity contribution in [3.8, 4) is 22.3 Å². The lowest BCUT2D eigenvalue weighted by molar-refractivity contribution is 1.67. The summed E-state index contributed by atoms with van der Waals surface area (Å²) in [5.41, 5.74) is 24.1. The summed E-state index contributed by atoms with van der Waals surface area (Å²) < 4.78 is 0. The molecule has 0 fully saturated rings. The van der Waals surface area contributed by atoms with Crippen LogP contribution in [0.4, 0.5) is 17.1 Å². The number of nitrogens with two attached hydrogens (primary N) is 3. The fourth-order valence-corrected chi connectivity index (χ4v) is 2.17. The zero-order valence-electron chi connectivity index (χ0n) is 9.27. The zero-order valence-corrected chi connectivity index (χ0v) is 9.27. The molecule has 0 aliphatic heterocycles. The van der Waals surface area contributed by atoms with Crippen molar-refractivity contribution in [1.29, 1.82) is 0 Å². The quantitative estimate of drug-likeness (QED) is 0.548. The Balaban J connectivity index is 2.43. The molecule has 3 nitrogen and oxygen atoms in total. The third-order valence-corrected chi connectivity index (χ3v) is 3.14. The second-order valence-corrected chi connectivity index (χ2v) is 4.21. The lowest BCUT2D eigenvalue weighted by Crippen LogP contribution is -1.91. The third kappa shape index (κ3) is 1.36. The minimum Gasteiger partial charge on any atom is -0.398 e. The van der Waals surface area contributed by atoms with Gasteiger partial charge in [0.1, 0.15) is 0 Å². The van der Waals surface area contributed by atoms with E-state index in [1.54, 1.807) is 0 Å². The minimum absolute atomic E-state index is 0.721. The van der Waals surface area contributed by atoms with Crippen molar-refractivity contribution in [3.05, 3.63) is 42.5 Å². The first kappa shape index (κ1) is 9.78. The van der Waals surface area contributed by atoms with Crippen molar-refractivity contribution in [2.45, 2.75) is 0 Å². The van der Waals surface area contributed by atoms with E-state index in [-0.39, 0.29) is 0 Å². The fraction of sp³-hybridized carbons (Fsp3) is 0.